The summed E-state index contributed by atoms with van der Waals surface area (Å²) >= 11 is 0.863. The molecule has 0 aliphatic heterocycles. The summed E-state index contributed by atoms with van der Waals surface area (Å²) in [5, 5.41) is 23.0. The first-order valence-electron chi connectivity index (χ1n) is 6.28. The molecule has 7 heteroatoms. The first kappa shape index (κ1) is 14.0. The van der Waals surface area contributed by atoms with Crippen LogP contribution in [0.1, 0.15) is 35.4 Å². The van der Waals surface area contributed by atoms with Crippen molar-refractivity contribution in [3.8, 4) is 0 Å². The molecule has 2 N–H and O–H groups in total. The number of hydrogen-bond donors (Lipinski definition) is 2. The van der Waals surface area contributed by atoms with Crippen LogP contribution in [-0.2, 0) is 0 Å². The second-order valence-corrected chi connectivity index (χ2v) is 5.78. The fourth-order valence-corrected chi connectivity index (χ4v) is 3.02. The lowest BCUT2D eigenvalue weighted by Gasteiger charge is -2.27. The number of nitro groups is 1. The monoisotopic (exact) mass is 284 g/mol. The lowest BCUT2D eigenvalue weighted by molar-refractivity contribution is -0.380. The molecule has 1 amide bonds. The van der Waals surface area contributed by atoms with Crippen LogP contribution in [-0.4, -0.2) is 28.6 Å². The second kappa shape index (κ2) is 6.12. The Kier molecular flexibility index (Phi) is 4.49. The van der Waals surface area contributed by atoms with Gasteiger partial charge in [-0.2, -0.15) is 0 Å². The summed E-state index contributed by atoms with van der Waals surface area (Å²) in [6, 6.07) is 2.78. The smallest absolute Gasteiger partial charge is 0.324 e. The second-order valence-electron chi connectivity index (χ2n) is 4.72. The highest BCUT2D eigenvalue weighted by Crippen LogP contribution is 2.25. The molecule has 1 aromatic heterocycles. The Bertz CT molecular complexity index is 474. The van der Waals surface area contributed by atoms with E-state index in [0.717, 1.165) is 37.0 Å². The molecule has 1 aromatic rings. The quantitative estimate of drug-likeness (QED) is 0.652. The van der Waals surface area contributed by atoms with Crippen molar-refractivity contribution in [2.24, 2.45) is 5.92 Å². The number of nitrogens with zero attached hydrogens (tertiary/aromatic N) is 1. The van der Waals surface area contributed by atoms with Gasteiger partial charge in [-0.25, -0.2) is 0 Å². The van der Waals surface area contributed by atoms with Crippen molar-refractivity contribution in [3.05, 3.63) is 27.1 Å². The molecule has 2 atom stereocenters. The Morgan fingerprint density at radius 1 is 1.47 bits per heavy atom. The first-order chi connectivity index (χ1) is 9.08. The maximum Gasteiger partial charge on any atom is 0.324 e. The van der Waals surface area contributed by atoms with Crippen molar-refractivity contribution in [3.63, 3.8) is 0 Å². The number of thiophene rings is 1. The van der Waals surface area contributed by atoms with Crippen LogP contribution < -0.4 is 5.32 Å². The molecule has 19 heavy (non-hydrogen) atoms. The molecular formula is C12H16N2O4S. The maximum atomic E-state index is 11.8. The van der Waals surface area contributed by atoms with Gasteiger partial charge in [0.25, 0.3) is 5.91 Å². The molecule has 104 valence electrons. The lowest BCUT2D eigenvalue weighted by atomic mass is 9.86. The van der Waals surface area contributed by atoms with Gasteiger partial charge in [-0.15, -0.1) is 0 Å². The zero-order valence-corrected chi connectivity index (χ0v) is 11.2. The van der Waals surface area contributed by atoms with Crippen LogP contribution in [0.15, 0.2) is 12.1 Å². The minimum Gasteiger partial charge on any atom is -0.393 e. The zero-order chi connectivity index (χ0) is 13.8. The van der Waals surface area contributed by atoms with Crippen molar-refractivity contribution in [2.75, 3.05) is 6.54 Å². The van der Waals surface area contributed by atoms with E-state index in [0.29, 0.717) is 11.4 Å². The number of carbonyl (C=O) groups is 1. The predicted octanol–water partition coefficient (Wildman–Crippen LogP) is 1.94. The van der Waals surface area contributed by atoms with E-state index in [2.05, 4.69) is 5.32 Å². The predicted molar refractivity (Wildman–Crippen MR) is 71.3 cm³/mol. The summed E-state index contributed by atoms with van der Waals surface area (Å²) in [5.74, 6) is -0.219. The van der Waals surface area contributed by atoms with Gasteiger partial charge in [0.2, 0.25) is 0 Å². The van der Waals surface area contributed by atoms with E-state index in [9.17, 15) is 20.0 Å². The first-order valence-corrected chi connectivity index (χ1v) is 7.10. The summed E-state index contributed by atoms with van der Waals surface area (Å²) in [4.78, 5) is 22.2. The Hall–Kier alpha value is -1.47. The number of nitrogens with one attached hydrogen (secondary N) is 1. The van der Waals surface area contributed by atoms with Crippen LogP contribution >= 0.6 is 11.3 Å². The lowest BCUT2D eigenvalue weighted by Crippen LogP contribution is -2.36. The normalized spacial score (nSPS) is 23.0. The van der Waals surface area contributed by atoms with Crippen molar-refractivity contribution in [1.29, 1.82) is 0 Å². The SMILES string of the molecule is O=C(NCC1CCCCC1O)c1ccc([N+](=O)[O-])s1. The number of aliphatic hydroxyl groups excluding tert-OH is 1. The highest BCUT2D eigenvalue weighted by atomic mass is 32.1. The average molecular weight is 284 g/mol. The van der Waals surface area contributed by atoms with Gasteiger partial charge in [0, 0.05) is 18.5 Å². The van der Waals surface area contributed by atoms with E-state index in [1.54, 1.807) is 0 Å². The van der Waals surface area contributed by atoms with Crippen LogP contribution in [0.5, 0.6) is 0 Å². The number of carbonyl (C=O) groups excluding carboxylic acids is 1. The van der Waals surface area contributed by atoms with E-state index in [1.807, 2.05) is 0 Å². The Morgan fingerprint density at radius 2 is 2.21 bits per heavy atom. The molecular weight excluding hydrogens is 268 g/mol. The molecule has 1 aliphatic carbocycles. The Balaban J connectivity index is 1.88. The van der Waals surface area contributed by atoms with Crippen molar-refractivity contribution >= 4 is 22.2 Å². The molecule has 2 rings (SSSR count). The third-order valence-electron chi connectivity index (χ3n) is 3.39. The van der Waals surface area contributed by atoms with Gasteiger partial charge in [0.05, 0.1) is 15.9 Å². The average Bonchev–Trinajstić information content (AvgIpc) is 2.87. The van der Waals surface area contributed by atoms with E-state index in [1.165, 1.54) is 12.1 Å². The zero-order valence-electron chi connectivity index (χ0n) is 10.4. The van der Waals surface area contributed by atoms with Gasteiger partial charge >= 0.3 is 5.00 Å². The summed E-state index contributed by atoms with van der Waals surface area (Å²) in [5.41, 5.74) is 0. The summed E-state index contributed by atoms with van der Waals surface area (Å²) in [7, 11) is 0. The largest absolute Gasteiger partial charge is 0.393 e. The summed E-state index contributed by atoms with van der Waals surface area (Å²) in [6.07, 6.45) is 3.44. The van der Waals surface area contributed by atoms with Crippen molar-refractivity contribution in [1.82, 2.24) is 5.32 Å². The molecule has 0 spiro atoms. The minimum absolute atomic E-state index is 0.0390. The standard InChI is InChI=1S/C12H16N2O4S/c15-9-4-2-1-3-8(9)7-13-12(16)10-5-6-11(19-10)14(17)18/h5-6,8-9,15H,1-4,7H2,(H,13,16). The van der Waals surface area contributed by atoms with Crippen molar-refractivity contribution < 1.29 is 14.8 Å². The Morgan fingerprint density at radius 3 is 2.84 bits per heavy atom. The summed E-state index contributed by atoms with van der Waals surface area (Å²) in [6.45, 7) is 0.422. The minimum atomic E-state index is -0.508. The van der Waals surface area contributed by atoms with E-state index in [-0.39, 0.29) is 22.9 Å². The highest BCUT2D eigenvalue weighted by molar-refractivity contribution is 7.17. The molecule has 2 unspecified atom stereocenters. The molecule has 0 aromatic carbocycles. The molecule has 0 saturated heterocycles. The number of hydrogen-bond acceptors (Lipinski definition) is 5. The third-order valence-corrected chi connectivity index (χ3v) is 4.42. The van der Waals surface area contributed by atoms with Crippen LogP contribution in [0.25, 0.3) is 0 Å². The Labute approximate surface area is 114 Å². The highest BCUT2D eigenvalue weighted by Gasteiger charge is 2.24. The molecule has 6 nitrogen and oxygen atoms in total. The van der Waals surface area contributed by atoms with Gasteiger partial charge in [-0.3, -0.25) is 14.9 Å². The molecule has 1 aliphatic rings. The number of rotatable bonds is 4. The van der Waals surface area contributed by atoms with Crippen LogP contribution in [0.3, 0.4) is 0 Å². The van der Waals surface area contributed by atoms with Crippen molar-refractivity contribution in [2.45, 2.75) is 31.8 Å². The van der Waals surface area contributed by atoms with E-state index in [4.69, 9.17) is 0 Å². The molecule has 0 bridgehead atoms. The van der Waals surface area contributed by atoms with Crippen LogP contribution in [0.4, 0.5) is 5.00 Å². The van der Waals surface area contributed by atoms with Gasteiger partial charge in [0.1, 0.15) is 0 Å². The van der Waals surface area contributed by atoms with Crippen LogP contribution in [0.2, 0.25) is 0 Å². The topological polar surface area (TPSA) is 92.5 Å². The maximum absolute atomic E-state index is 11.8. The van der Waals surface area contributed by atoms with E-state index >= 15 is 0 Å². The van der Waals surface area contributed by atoms with E-state index < -0.39 is 4.92 Å². The fraction of sp³-hybridized carbons (Fsp3) is 0.583. The van der Waals surface area contributed by atoms with Gasteiger partial charge in [0.15, 0.2) is 0 Å². The molecule has 1 heterocycles. The van der Waals surface area contributed by atoms with Gasteiger partial charge in [-0.05, 0) is 18.9 Å². The van der Waals surface area contributed by atoms with Gasteiger partial charge in [-0.1, -0.05) is 24.2 Å². The van der Waals surface area contributed by atoms with Crippen LogP contribution in [0, 0.1) is 16.0 Å². The molecule has 1 fully saturated rings. The molecule has 1 saturated carbocycles. The number of amides is 1. The third kappa shape index (κ3) is 3.51. The summed E-state index contributed by atoms with van der Waals surface area (Å²) < 4.78 is 0. The molecule has 0 radical (unpaired) electrons. The van der Waals surface area contributed by atoms with Gasteiger partial charge < -0.3 is 10.4 Å². The fourth-order valence-electron chi connectivity index (χ4n) is 2.28. The number of aliphatic hydroxyl groups is 1.